The van der Waals surface area contributed by atoms with Gasteiger partial charge in [-0.15, -0.1) is 0 Å². The number of nitrogens with one attached hydrogen (secondary N) is 1. The lowest BCUT2D eigenvalue weighted by Gasteiger charge is -2.04. The van der Waals surface area contributed by atoms with Gasteiger partial charge in [-0.3, -0.25) is 0 Å². The minimum Gasteiger partial charge on any atom is -0.337 e. The van der Waals surface area contributed by atoms with E-state index in [0.717, 1.165) is 18.9 Å². The summed E-state index contributed by atoms with van der Waals surface area (Å²) in [5.41, 5.74) is 0. The van der Waals surface area contributed by atoms with E-state index in [-0.39, 0.29) is 0 Å². The van der Waals surface area contributed by atoms with Gasteiger partial charge in [0.05, 0.1) is 6.54 Å². The highest BCUT2D eigenvalue weighted by molar-refractivity contribution is 7.99. The van der Waals surface area contributed by atoms with Gasteiger partial charge in [0.2, 0.25) is 0 Å². The van der Waals surface area contributed by atoms with Crippen LogP contribution >= 0.6 is 11.8 Å². The number of rotatable bonds is 7. The maximum atomic E-state index is 4.24. The molecule has 80 valence electrons. The van der Waals surface area contributed by atoms with Crippen LogP contribution in [0.5, 0.6) is 0 Å². The molecule has 0 aliphatic rings. The van der Waals surface area contributed by atoms with E-state index in [1.165, 1.54) is 17.9 Å². The molecule has 1 rings (SSSR count). The molecule has 3 nitrogen and oxygen atoms in total. The summed E-state index contributed by atoms with van der Waals surface area (Å²) in [6.45, 7) is 4.16. The Morgan fingerprint density at radius 3 is 3.07 bits per heavy atom. The molecule has 0 unspecified atom stereocenters. The second-order valence-corrected chi connectivity index (χ2v) is 4.58. The van der Waals surface area contributed by atoms with E-state index in [1.54, 1.807) is 0 Å². The first-order chi connectivity index (χ1) is 6.84. The molecule has 1 N–H and O–H groups in total. The van der Waals surface area contributed by atoms with Crippen LogP contribution in [-0.2, 0) is 13.6 Å². The average Bonchev–Trinajstić information content (AvgIpc) is 2.58. The van der Waals surface area contributed by atoms with Gasteiger partial charge in [-0.2, -0.15) is 11.8 Å². The van der Waals surface area contributed by atoms with E-state index in [1.807, 2.05) is 35.8 Å². The molecule has 0 spiro atoms. The lowest BCUT2D eigenvalue weighted by atomic mass is 10.4. The zero-order chi connectivity index (χ0) is 10.2. The molecule has 0 saturated carbocycles. The Balaban J connectivity index is 2.02. The Morgan fingerprint density at radius 1 is 1.57 bits per heavy atom. The first-order valence-corrected chi connectivity index (χ1v) is 6.24. The Kier molecular flexibility index (Phi) is 5.71. The van der Waals surface area contributed by atoms with Gasteiger partial charge >= 0.3 is 0 Å². The summed E-state index contributed by atoms with van der Waals surface area (Å²) in [5, 5.41) is 3.39. The minimum atomic E-state index is 0.875. The van der Waals surface area contributed by atoms with Crippen LogP contribution in [0.15, 0.2) is 12.4 Å². The summed E-state index contributed by atoms with van der Waals surface area (Å²) < 4.78 is 2.05. The van der Waals surface area contributed by atoms with E-state index >= 15 is 0 Å². The van der Waals surface area contributed by atoms with Crippen LogP contribution in [0.3, 0.4) is 0 Å². The Hall–Kier alpha value is -0.480. The number of nitrogens with zero attached hydrogens (tertiary/aromatic N) is 2. The molecule has 0 fully saturated rings. The summed E-state index contributed by atoms with van der Waals surface area (Å²) in [7, 11) is 2.02. The highest BCUT2D eigenvalue weighted by Crippen LogP contribution is 1.99. The molecule has 0 bridgehead atoms. The minimum absolute atomic E-state index is 0.875. The number of aryl methyl sites for hydroxylation is 1. The topological polar surface area (TPSA) is 29.9 Å². The van der Waals surface area contributed by atoms with Gasteiger partial charge in [0, 0.05) is 19.4 Å². The van der Waals surface area contributed by atoms with Gasteiger partial charge < -0.3 is 9.88 Å². The van der Waals surface area contributed by atoms with Gasteiger partial charge in [0.1, 0.15) is 5.82 Å². The Labute approximate surface area is 90.3 Å². The molecule has 0 aromatic carbocycles. The summed E-state index contributed by atoms with van der Waals surface area (Å²) in [5.74, 6) is 3.58. The maximum Gasteiger partial charge on any atom is 0.122 e. The molecule has 1 aromatic rings. The number of hydrogen-bond acceptors (Lipinski definition) is 3. The van der Waals surface area contributed by atoms with Crippen molar-refractivity contribution in [2.24, 2.45) is 7.05 Å². The molecule has 0 saturated heterocycles. The zero-order valence-electron chi connectivity index (χ0n) is 8.99. The van der Waals surface area contributed by atoms with Crippen LogP contribution in [0.4, 0.5) is 0 Å². The highest BCUT2D eigenvalue weighted by atomic mass is 32.2. The van der Waals surface area contributed by atoms with E-state index < -0.39 is 0 Å². The number of thioether (sulfide) groups is 1. The van der Waals surface area contributed by atoms with Crippen LogP contribution in [0.1, 0.15) is 19.2 Å². The van der Waals surface area contributed by atoms with Gasteiger partial charge in [-0.25, -0.2) is 4.98 Å². The van der Waals surface area contributed by atoms with E-state index in [0.29, 0.717) is 0 Å². The van der Waals surface area contributed by atoms with Crippen LogP contribution in [0.25, 0.3) is 0 Å². The molecule has 1 aromatic heterocycles. The van der Waals surface area contributed by atoms with Crippen LogP contribution in [0, 0.1) is 0 Å². The van der Waals surface area contributed by atoms with Crippen molar-refractivity contribution in [3.63, 3.8) is 0 Å². The van der Waals surface area contributed by atoms with Gasteiger partial charge in [0.15, 0.2) is 0 Å². The lowest BCUT2D eigenvalue weighted by Crippen LogP contribution is -2.17. The van der Waals surface area contributed by atoms with E-state index in [9.17, 15) is 0 Å². The quantitative estimate of drug-likeness (QED) is 0.699. The highest BCUT2D eigenvalue weighted by Gasteiger charge is 1.96. The summed E-state index contributed by atoms with van der Waals surface area (Å²) in [4.78, 5) is 4.24. The first kappa shape index (κ1) is 11.6. The molecule has 14 heavy (non-hydrogen) atoms. The molecular weight excluding hydrogens is 194 g/mol. The van der Waals surface area contributed by atoms with Crippen molar-refractivity contribution >= 4 is 11.8 Å². The third-order valence-corrected chi connectivity index (χ3v) is 3.04. The monoisotopic (exact) mass is 213 g/mol. The van der Waals surface area contributed by atoms with Gasteiger partial charge in [-0.05, 0) is 24.5 Å². The zero-order valence-corrected chi connectivity index (χ0v) is 9.81. The van der Waals surface area contributed by atoms with Crippen molar-refractivity contribution in [3.05, 3.63) is 18.2 Å². The Bertz CT molecular complexity index is 247. The van der Waals surface area contributed by atoms with Crippen molar-refractivity contribution in [3.8, 4) is 0 Å². The standard InChI is InChI=1S/C10H19N3S/c1-3-14-8-4-5-11-9-10-12-6-7-13(10)2/h6-7,11H,3-5,8-9H2,1-2H3. The van der Waals surface area contributed by atoms with Crippen LogP contribution in [-0.4, -0.2) is 27.6 Å². The fourth-order valence-electron chi connectivity index (χ4n) is 1.21. The van der Waals surface area contributed by atoms with Crippen molar-refractivity contribution in [2.45, 2.75) is 19.9 Å². The fraction of sp³-hybridized carbons (Fsp3) is 0.700. The molecule has 0 aliphatic carbocycles. The second-order valence-electron chi connectivity index (χ2n) is 3.18. The smallest absolute Gasteiger partial charge is 0.122 e. The van der Waals surface area contributed by atoms with Gasteiger partial charge in [-0.1, -0.05) is 6.92 Å². The third kappa shape index (κ3) is 4.15. The summed E-state index contributed by atoms with van der Waals surface area (Å²) in [6, 6.07) is 0. The average molecular weight is 213 g/mol. The molecule has 0 aliphatic heterocycles. The molecule has 0 radical (unpaired) electrons. The normalized spacial score (nSPS) is 10.7. The molecular formula is C10H19N3S. The van der Waals surface area contributed by atoms with Crippen molar-refractivity contribution < 1.29 is 0 Å². The molecule has 0 atom stereocenters. The maximum absolute atomic E-state index is 4.24. The predicted molar refractivity (Wildman–Crippen MR) is 62.5 cm³/mol. The third-order valence-electron chi connectivity index (χ3n) is 2.05. The number of hydrogen-bond donors (Lipinski definition) is 1. The van der Waals surface area contributed by atoms with Crippen LogP contribution < -0.4 is 5.32 Å². The summed E-state index contributed by atoms with van der Waals surface area (Å²) in [6.07, 6.45) is 5.05. The molecule has 4 heteroatoms. The number of aromatic nitrogens is 2. The molecule has 1 heterocycles. The summed E-state index contributed by atoms with van der Waals surface area (Å²) >= 11 is 2.00. The van der Waals surface area contributed by atoms with Crippen molar-refractivity contribution in [2.75, 3.05) is 18.1 Å². The van der Waals surface area contributed by atoms with E-state index in [4.69, 9.17) is 0 Å². The van der Waals surface area contributed by atoms with Crippen LogP contribution in [0.2, 0.25) is 0 Å². The largest absolute Gasteiger partial charge is 0.337 e. The molecule has 0 amide bonds. The van der Waals surface area contributed by atoms with Crippen molar-refractivity contribution in [1.29, 1.82) is 0 Å². The second kappa shape index (κ2) is 6.90. The number of imidazole rings is 1. The Morgan fingerprint density at radius 2 is 2.43 bits per heavy atom. The van der Waals surface area contributed by atoms with Gasteiger partial charge in [0.25, 0.3) is 0 Å². The SMILES string of the molecule is CCSCCCNCc1nccn1C. The lowest BCUT2D eigenvalue weighted by molar-refractivity contribution is 0.632. The van der Waals surface area contributed by atoms with E-state index in [2.05, 4.69) is 17.2 Å². The predicted octanol–water partition coefficient (Wildman–Crippen LogP) is 1.65. The fourth-order valence-corrected chi connectivity index (χ4v) is 1.85. The first-order valence-electron chi connectivity index (χ1n) is 5.09. The van der Waals surface area contributed by atoms with Crippen molar-refractivity contribution in [1.82, 2.24) is 14.9 Å².